The first-order valence-electron chi connectivity index (χ1n) is 2.31. The Morgan fingerprint density at radius 3 is 3.00 bits per heavy atom. The molecule has 0 aromatic rings. The molecule has 3 heteroatoms. The van der Waals surface area contributed by atoms with Crippen molar-refractivity contribution < 1.29 is 11.0 Å². The van der Waals surface area contributed by atoms with Crippen molar-refractivity contribution in [3.05, 3.63) is 0 Å². The summed E-state index contributed by atoms with van der Waals surface area (Å²) in [5.74, 6) is 0. The molecular formula is C3H7NO2. The molecule has 1 N–H and O–H groups in total. The van der Waals surface area contributed by atoms with E-state index in [0.717, 1.165) is 5.47 Å². The summed E-state index contributed by atoms with van der Waals surface area (Å²) in [5, 5.41) is 0. The molecule has 0 aliphatic carbocycles. The van der Waals surface area contributed by atoms with Gasteiger partial charge in [0.25, 0.3) is 0 Å². The molecule has 1 rings (SSSR count). The van der Waals surface area contributed by atoms with Crippen LogP contribution in [0.1, 0.15) is 0 Å². The average Bonchev–Trinajstić information content (AvgIpc) is 1.69. The lowest BCUT2D eigenvalue weighted by Crippen LogP contribution is -2.27. The van der Waals surface area contributed by atoms with E-state index in [1.165, 1.54) is 0 Å². The SMILES string of the molecule is [2H]N1COCCO1. The van der Waals surface area contributed by atoms with Gasteiger partial charge in [0.05, 0.1) is 13.2 Å². The van der Waals surface area contributed by atoms with Crippen LogP contribution >= 0.6 is 0 Å². The van der Waals surface area contributed by atoms with Gasteiger partial charge >= 0.3 is 0 Å². The molecular weight excluding hydrogens is 82.0 g/mol. The summed E-state index contributed by atoms with van der Waals surface area (Å²) in [6.07, 6.45) is 0. The second-order valence-electron chi connectivity index (χ2n) is 1.000. The molecule has 0 saturated carbocycles. The number of hydroxylamine groups is 1. The van der Waals surface area contributed by atoms with Gasteiger partial charge in [-0.1, -0.05) is 0 Å². The second-order valence-corrected chi connectivity index (χ2v) is 1.000. The number of hydrogen-bond donors (Lipinski definition) is 1. The Balaban J connectivity index is 2.12. The van der Waals surface area contributed by atoms with Gasteiger partial charge in [-0.15, -0.1) is 0 Å². The van der Waals surface area contributed by atoms with Gasteiger partial charge in [0, 0.05) is 0 Å². The fraction of sp³-hybridized carbons (Fsp3) is 1.00. The first-order valence-corrected chi connectivity index (χ1v) is 1.86. The molecule has 6 heavy (non-hydrogen) atoms. The Morgan fingerprint density at radius 2 is 2.67 bits per heavy atom. The quantitative estimate of drug-likeness (QED) is 0.434. The van der Waals surface area contributed by atoms with E-state index in [1.807, 2.05) is 0 Å². The summed E-state index contributed by atoms with van der Waals surface area (Å²) < 4.78 is 11.6. The van der Waals surface area contributed by atoms with Gasteiger partial charge in [-0.2, -0.15) is 5.47 Å². The van der Waals surface area contributed by atoms with Crippen LogP contribution in [-0.4, -0.2) is 19.9 Å². The van der Waals surface area contributed by atoms with Crippen LogP contribution in [0.25, 0.3) is 0 Å². The molecule has 0 unspecified atom stereocenters. The minimum atomic E-state index is 0.264. The highest BCUT2D eigenvalue weighted by Crippen LogP contribution is 1.78. The minimum absolute atomic E-state index is 0.264. The normalized spacial score (nSPS) is 29.7. The van der Waals surface area contributed by atoms with Crippen LogP contribution in [0.2, 0.25) is 1.41 Å². The molecule has 0 aromatic heterocycles. The Hall–Kier alpha value is -0.120. The number of nitrogens with one attached hydrogen (secondary N) is 1. The predicted molar refractivity (Wildman–Crippen MR) is 19.9 cm³/mol. The Bertz CT molecular complexity index is 54.9. The summed E-state index contributed by atoms with van der Waals surface area (Å²) in [7, 11) is 0. The fourth-order valence-corrected chi connectivity index (χ4v) is 0.300. The van der Waals surface area contributed by atoms with Crippen LogP contribution < -0.4 is 5.47 Å². The van der Waals surface area contributed by atoms with Crippen molar-refractivity contribution in [2.45, 2.75) is 0 Å². The van der Waals surface area contributed by atoms with Gasteiger partial charge in [-0.05, 0) is 0 Å². The van der Waals surface area contributed by atoms with E-state index in [1.54, 1.807) is 0 Å². The molecule has 0 radical (unpaired) electrons. The lowest BCUT2D eigenvalue weighted by atomic mass is 10.8. The molecule has 1 aliphatic heterocycles. The van der Waals surface area contributed by atoms with Gasteiger partial charge < -0.3 is 4.74 Å². The molecule has 0 bridgehead atoms. The van der Waals surface area contributed by atoms with Gasteiger partial charge in [0.1, 0.15) is 6.73 Å². The summed E-state index contributed by atoms with van der Waals surface area (Å²) in [6.45, 7) is 1.37. The maximum absolute atomic E-state index is 6.76. The van der Waals surface area contributed by atoms with Gasteiger partial charge in [-0.25, -0.2) is 0 Å². The van der Waals surface area contributed by atoms with Crippen molar-refractivity contribution in [3.8, 4) is 0 Å². The number of hydrogen-bond acceptors (Lipinski definition) is 3. The third kappa shape index (κ3) is 0.931. The lowest BCUT2D eigenvalue weighted by molar-refractivity contribution is -0.104. The van der Waals surface area contributed by atoms with Gasteiger partial charge in [0.2, 0.25) is 0 Å². The molecule has 1 saturated heterocycles. The summed E-state index contributed by atoms with van der Waals surface area (Å²) in [6, 6.07) is 0. The maximum atomic E-state index is 6.76. The molecule has 1 heterocycles. The van der Waals surface area contributed by atoms with E-state index in [0.29, 0.717) is 13.2 Å². The summed E-state index contributed by atoms with van der Waals surface area (Å²) in [4.78, 5) is 4.65. The lowest BCUT2D eigenvalue weighted by Gasteiger charge is -2.10. The van der Waals surface area contributed by atoms with Crippen molar-refractivity contribution >= 4 is 0 Å². The molecule has 0 atom stereocenters. The van der Waals surface area contributed by atoms with E-state index >= 15 is 0 Å². The Kier molecular flexibility index (Phi) is 1.05. The molecule has 0 amide bonds. The van der Waals surface area contributed by atoms with E-state index in [2.05, 4.69) is 4.84 Å². The molecule has 1 aliphatic rings. The van der Waals surface area contributed by atoms with Crippen molar-refractivity contribution in [2.75, 3.05) is 19.9 Å². The van der Waals surface area contributed by atoms with E-state index in [4.69, 9.17) is 6.15 Å². The first kappa shape index (κ1) is 2.96. The molecule has 0 spiro atoms. The van der Waals surface area contributed by atoms with Gasteiger partial charge in [-0.3, -0.25) is 4.84 Å². The Morgan fingerprint density at radius 1 is 1.67 bits per heavy atom. The summed E-state index contributed by atoms with van der Waals surface area (Å²) in [5.41, 5.74) is 0.920. The highest BCUT2D eigenvalue weighted by Gasteiger charge is 1.93. The zero-order valence-electron chi connectivity index (χ0n) is 4.39. The smallest absolute Gasteiger partial charge is 0.158 e. The van der Waals surface area contributed by atoms with Gasteiger partial charge in [0.15, 0.2) is 1.41 Å². The topological polar surface area (TPSA) is 30.5 Å². The van der Waals surface area contributed by atoms with Crippen LogP contribution in [0.15, 0.2) is 0 Å². The minimum Gasteiger partial charge on any atom is -0.362 e. The molecule has 36 valence electrons. The maximum Gasteiger partial charge on any atom is 0.158 e. The highest BCUT2D eigenvalue weighted by molar-refractivity contribution is 4.28. The van der Waals surface area contributed by atoms with Crippen LogP contribution in [0.5, 0.6) is 0 Å². The van der Waals surface area contributed by atoms with Crippen LogP contribution in [0.4, 0.5) is 0 Å². The van der Waals surface area contributed by atoms with Crippen molar-refractivity contribution in [1.82, 2.24) is 5.47 Å². The third-order valence-electron chi connectivity index (χ3n) is 0.554. The zero-order valence-corrected chi connectivity index (χ0v) is 3.39. The number of ether oxygens (including phenoxy) is 1. The van der Waals surface area contributed by atoms with E-state index in [-0.39, 0.29) is 6.73 Å². The van der Waals surface area contributed by atoms with E-state index in [9.17, 15) is 0 Å². The standard InChI is InChI=1S/C3H7NO2/c1-2-6-4-3-5-1/h4H,1-3H2/i/hD. The summed E-state index contributed by atoms with van der Waals surface area (Å²) >= 11 is 0. The first-order chi connectivity index (χ1) is 3.39. The fourth-order valence-electron chi connectivity index (χ4n) is 0.300. The average molecular weight is 90.1 g/mol. The van der Waals surface area contributed by atoms with Crippen molar-refractivity contribution in [1.29, 1.82) is 0 Å². The van der Waals surface area contributed by atoms with E-state index < -0.39 is 0 Å². The largest absolute Gasteiger partial charge is 0.362 e. The molecule has 1 fully saturated rings. The van der Waals surface area contributed by atoms with Crippen molar-refractivity contribution in [2.24, 2.45) is 0 Å². The van der Waals surface area contributed by atoms with Crippen LogP contribution in [0.3, 0.4) is 0 Å². The Labute approximate surface area is 37.7 Å². The van der Waals surface area contributed by atoms with Crippen molar-refractivity contribution in [3.63, 3.8) is 0 Å². The molecule has 0 aromatic carbocycles. The van der Waals surface area contributed by atoms with Crippen LogP contribution in [-0.2, 0) is 9.57 Å². The number of rotatable bonds is 0. The second kappa shape index (κ2) is 2.12. The third-order valence-corrected chi connectivity index (χ3v) is 0.554. The predicted octanol–water partition coefficient (Wildman–Crippen LogP) is -0.505. The highest BCUT2D eigenvalue weighted by atomic mass is 16.7. The monoisotopic (exact) mass is 90.1 g/mol. The zero-order chi connectivity index (χ0) is 5.11. The van der Waals surface area contributed by atoms with Crippen LogP contribution in [0, 0.1) is 0 Å². The molecule has 3 nitrogen and oxygen atoms in total.